The van der Waals surface area contributed by atoms with Crippen LogP contribution in [0.4, 0.5) is 0 Å². The topological polar surface area (TPSA) is 0 Å². The van der Waals surface area contributed by atoms with Crippen LogP contribution < -0.4 is 0 Å². The van der Waals surface area contributed by atoms with Crippen molar-refractivity contribution in [2.24, 2.45) is 0 Å². The molecule has 0 aromatic rings. The van der Waals surface area contributed by atoms with E-state index in [4.69, 9.17) is 0 Å². The predicted molar refractivity (Wildman–Crippen MR) is 0 cm³/mol. The van der Waals surface area contributed by atoms with E-state index in [0.717, 1.165) is 0 Å². The monoisotopic (exact) mass is 280 g/mol. The molecule has 0 aliphatic rings. The first-order valence-electron chi connectivity index (χ1n) is 0. The molecule has 5 heavy (non-hydrogen) atoms. The Morgan fingerprint density at radius 1 is 0.400 bits per heavy atom. The fraction of sp³-hybridized carbons (Fsp3) is 0. The summed E-state index contributed by atoms with van der Waals surface area (Å²) >= 11 is 0. The zero-order valence-corrected chi connectivity index (χ0v) is 7.28. The van der Waals surface area contributed by atoms with Gasteiger partial charge in [0.1, 0.15) is 0 Å². The molecule has 0 unspecified atom stereocenters. The second kappa shape index (κ2) is 29.9. The molecule has 0 amide bonds. The molecular formula is Ni4Ti. The third kappa shape index (κ3) is 20.3. The summed E-state index contributed by atoms with van der Waals surface area (Å²) in [6, 6.07) is 0. The summed E-state index contributed by atoms with van der Waals surface area (Å²) in [4.78, 5) is 0. The van der Waals surface area contributed by atoms with Crippen LogP contribution in [0, 0.1) is 0 Å². The molecule has 0 N–H and O–H groups in total. The molecule has 0 aliphatic carbocycles. The molecular weight excluding hydrogens is 283 g/mol. The van der Waals surface area contributed by atoms with Crippen molar-refractivity contribution in [3.63, 3.8) is 0 Å². The minimum Gasteiger partial charge on any atom is -1.00 e. The van der Waals surface area contributed by atoms with Gasteiger partial charge in [0.05, 0.1) is 0 Å². The standard InChI is InChI=1S/4Ni.Ti/q4*-1;+4. The summed E-state index contributed by atoms with van der Waals surface area (Å²) in [7, 11) is 0. The van der Waals surface area contributed by atoms with E-state index >= 15 is 0 Å². The summed E-state index contributed by atoms with van der Waals surface area (Å²) in [5.74, 6) is 0. The van der Waals surface area contributed by atoms with E-state index < -0.39 is 0 Å². The minimum atomic E-state index is 0. The summed E-state index contributed by atoms with van der Waals surface area (Å²) in [6.07, 6.45) is 0. The van der Waals surface area contributed by atoms with E-state index in [2.05, 4.69) is 0 Å². The van der Waals surface area contributed by atoms with Gasteiger partial charge in [-0.1, -0.05) is 0 Å². The third-order valence-corrected chi connectivity index (χ3v) is 0. The average molecular weight is 283 g/mol. The molecule has 0 aromatic carbocycles. The van der Waals surface area contributed by atoms with E-state index in [1.807, 2.05) is 0 Å². The maximum absolute atomic E-state index is 0. The van der Waals surface area contributed by atoms with Gasteiger partial charge in [-0.2, -0.15) is 0 Å². The van der Waals surface area contributed by atoms with Crippen LogP contribution >= 0.6 is 0 Å². The minimum absolute atomic E-state index is 0. The van der Waals surface area contributed by atoms with Crippen LogP contribution in [-0.2, 0) is 87.7 Å². The Labute approximate surface area is 86.6 Å². The molecule has 0 rings (SSSR count). The molecule has 4 radical (unpaired) electrons. The first-order chi connectivity index (χ1) is 0. The van der Waals surface area contributed by atoms with Gasteiger partial charge >= 0.3 is 21.7 Å². The predicted octanol–water partition coefficient (Wildman–Crippen LogP) is -0.0125. The Morgan fingerprint density at radius 2 is 0.400 bits per heavy atom. The number of hydrogen-bond acceptors (Lipinski definition) is 0. The van der Waals surface area contributed by atoms with Crippen molar-refractivity contribution in [2.45, 2.75) is 0 Å². The summed E-state index contributed by atoms with van der Waals surface area (Å²) in [6.45, 7) is 0. The van der Waals surface area contributed by atoms with Crippen LogP contribution in [0.25, 0.3) is 0 Å². The molecule has 0 heterocycles. The molecule has 0 fully saturated rings. The first-order valence-corrected chi connectivity index (χ1v) is 0. The van der Waals surface area contributed by atoms with Crippen molar-refractivity contribution >= 4 is 0 Å². The maximum atomic E-state index is 0. The van der Waals surface area contributed by atoms with Crippen LogP contribution in [0.5, 0.6) is 0 Å². The zero-order chi connectivity index (χ0) is 0. The van der Waals surface area contributed by atoms with Crippen molar-refractivity contribution in [2.75, 3.05) is 0 Å². The molecule has 0 saturated carbocycles. The molecule has 0 nitrogen and oxygen atoms in total. The summed E-state index contributed by atoms with van der Waals surface area (Å²) in [5, 5.41) is 0. The van der Waals surface area contributed by atoms with Crippen LogP contribution in [-0.4, -0.2) is 0 Å². The summed E-state index contributed by atoms with van der Waals surface area (Å²) < 4.78 is 0. The van der Waals surface area contributed by atoms with Crippen LogP contribution in [0.1, 0.15) is 0 Å². The van der Waals surface area contributed by atoms with E-state index in [0.29, 0.717) is 0 Å². The third-order valence-electron chi connectivity index (χ3n) is 0. The van der Waals surface area contributed by atoms with Gasteiger partial charge in [0.15, 0.2) is 0 Å². The second-order valence-electron chi connectivity index (χ2n) is 0. The summed E-state index contributed by atoms with van der Waals surface area (Å²) in [5.41, 5.74) is 0. The average Bonchev–Trinajstić information content (AvgIpc) is 0. The molecule has 5 heteroatoms. The zero-order valence-electron chi connectivity index (χ0n) is 1.76. The molecule has 44 valence electrons. The molecule has 0 aliphatic heterocycles. The van der Waals surface area contributed by atoms with Gasteiger partial charge in [0.2, 0.25) is 0 Å². The van der Waals surface area contributed by atoms with E-state index in [1.165, 1.54) is 0 Å². The quantitative estimate of drug-likeness (QED) is 0.548. The van der Waals surface area contributed by atoms with E-state index in [9.17, 15) is 0 Å². The molecule has 0 aromatic heterocycles. The largest absolute Gasteiger partial charge is 4.00 e. The van der Waals surface area contributed by atoms with E-state index in [1.54, 1.807) is 0 Å². The van der Waals surface area contributed by atoms with Crippen molar-refractivity contribution in [1.29, 1.82) is 0 Å². The van der Waals surface area contributed by atoms with Gasteiger partial charge in [-0.3, -0.25) is 0 Å². The SMILES string of the molecule is [Ni-].[Ni-].[Ni-].[Ni-].[Ti+4]. The Bertz CT molecular complexity index is 3.61. The fourth-order valence-electron chi connectivity index (χ4n) is 0. The van der Waals surface area contributed by atoms with Crippen molar-refractivity contribution in [1.82, 2.24) is 0 Å². The first kappa shape index (κ1) is 47.6. The Hall–Kier alpha value is 2.69. The normalized spacial score (nSPS) is 0. The Balaban J connectivity index is 0. The van der Waals surface area contributed by atoms with Gasteiger partial charge < -0.3 is 66.0 Å². The Kier molecular flexibility index (Phi) is 285. The molecule has 0 spiro atoms. The van der Waals surface area contributed by atoms with Gasteiger partial charge in [0, 0.05) is 0 Å². The molecule has 0 atom stereocenters. The van der Waals surface area contributed by atoms with Crippen molar-refractivity contribution < 1.29 is 87.7 Å². The molecule has 0 saturated heterocycles. The Morgan fingerprint density at radius 3 is 0.400 bits per heavy atom. The van der Waals surface area contributed by atoms with Crippen molar-refractivity contribution in [3.8, 4) is 0 Å². The van der Waals surface area contributed by atoms with Gasteiger partial charge in [-0.05, 0) is 0 Å². The van der Waals surface area contributed by atoms with Crippen LogP contribution in [0.3, 0.4) is 0 Å². The van der Waals surface area contributed by atoms with E-state index in [-0.39, 0.29) is 87.7 Å². The smallest absolute Gasteiger partial charge is 1.00 e. The maximum Gasteiger partial charge on any atom is 4.00 e. The second-order valence-corrected chi connectivity index (χ2v) is 0. The number of hydrogen-bond donors (Lipinski definition) is 0. The number of rotatable bonds is 0. The van der Waals surface area contributed by atoms with Gasteiger partial charge in [-0.15, -0.1) is 0 Å². The van der Waals surface area contributed by atoms with Gasteiger partial charge in [0.25, 0.3) is 0 Å². The van der Waals surface area contributed by atoms with Gasteiger partial charge in [-0.25, -0.2) is 0 Å². The van der Waals surface area contributed by atoms with Crippen molar-refractivity contribution in [3.05, 3.63) is 0 Å². The fourth-order valence-corrected chi connectivity index (χ4v) is 0. The van der Waals surface area contributed by atoms with Crippen LogP contribution in [0.15, 0.2) is 0 Å². The molecule has 0 bridgehead atoms. The van der Waals surface area contributed by atoms with Crippen LogP contribution in [0.2, 0.25) is 0 Å².